The maximum atomic E-state index is 10.6. The molecule has 0 saturated carbocycles. The third-order valence-electron chi connectivity index (χ3n) is 3.15. The van der Waals surface area contributed by atoms with Crippen LogP contribution in [0.15, 0.2) is 55.2 Å². The van der Waals surface area contributed by atoms with E-state index in [1.54, 1.807) is 18.7 Å². The summed E-state index contributed by atoms with van der Waals surface area (Å²) in [5.74, 6) is 0.854. The molecule has 0 spiro atoms. The monoisotopic (exact) mass is 353 g/mol. The number of anilines is 1. The van der Waals surface area contributed by atoms with E-state index in [2.05, 4.69) is 27.2 Å². The molecule has 26 heavy (non-hydrogen) atoms. The summed E-state index contributed by atoms with van der Waals surface area (Å²) in [6.07, 6.45) is 7.99. The molecule has 0 fully saturated rings. The van der Waals surface area contributed by atoms with Crippen molar-refractivity contribution in [1.82, 2.24) is 19.5 Å². The van der Waals surface area contributed by atoms with Crippen LogP contribution in [0.25, 0.3) is 5.82 Å². The van der Waals surface area contributed by atoms with Crippen LogP contribution in [0, 0.1) is 6.92 Å². The van der Waals surface area contributed by atoms with Gasteiger partial charge < -0.3 is 5.32 Å². The summed E-state index contributed by atoms with van der Waals surface area (Å²) in [4.78, 5) is 23.0. The van der Waals surface area contributed by atoms with E-state index < -0.39 is 0 Å². The molecule has 1 N–H and O–H groups in total. The highest BCUT2D eigenvalue weighted by molar-refractivity contribution is 5.88. The minimum Gasteiger partial charge on any atom is -0.325 e. The van der Waals surface area contributed by atoms with Gasteiger partial charge in [0.25, 0.3) is 0 Å². The Kier molecular flexibility index (Phi) is 9.31. The van der Waals surface area contributed by atoms with Crippen LogP contribution >= 0.6 is 0 Å². The summed E-state index contributed by atoms with van der Waals surface area (Å²) < 4.78 is 1.90. The Morgan fingerprint density at radius 3 is 2.50 bits per heavy atom. The van der Waals surface area contributed by atoms with Crippen LogP contribution in [0.3, 0.4) is 0 Å². The maximum Gasteiger partial charge on any atom is 0.221 e. The first-order valence-electron chi connectivity index (χ1n) is 8.73. The molecule has 0 radical (unpaired) electrons. The predicted octanol–water partition coefficient (Wildman–Crippen LogP) is 4.20. The molecular weight excluding hydrogens is 326 g/mol. The Morgan fingerprint density at radius 2 is 1.96 bits per heavy atom. The van der Waals surface area contributed by atoms with E-state index in [9.17, 15) is 4.79 Å². The van der Waals surface area contributed by atoms with Crippen LogP contribution < -0.4 is 5.32 Å². The molecule has 3 rings (SSSR count). The van der Waals surface area contributed by atoms with Crippen molar-refractivity contribution in [2.75, 3.05) is 5.32 Å². The van der Waals surface area contributed by atoms with Crippen molar-refractivity contribution in [3.8, 4) is 5.82 Å². The van der Waals surface area contributed by atoms with Gasteiger partial charge in [-0.1, -0.05) is 26.8 Å². The molecule has 6 heteroatoms. The summed E-state index contributed by atoms with van der Waals surface area (Å²) in [6.45, 7) is 9.47. The molecule has 6 nitrogen and oxygen atoms in total. The zero-order valence-electron chi connectivity index (χ0n) is 16.1. The highest BCUT2D eigenvalue weighted by Crippen LogP contribution is 2.05. The highest BCUT2D eigenvalue weighted by Gasteiger charge is 1.97. The Labute approximate surface area is 155 Å². The van der Waals surface area contributed by atoms with Crippen LogP contribution in [0.5, 0.6) is 0 Å². The molecule has 0 atom stereocenters. The number of carbonyl (C=O) groups excluding carboxylic acids is 1. The molecule has 0 bridgehead atoms. The Balaban J connectivity index is 0.000000241. The van der Waals surface area contributed by atoms with Crippen molar-refractivity contribution in [2.45, 2.75) is 41.0 Å². The second kappa shape index (κ2) is 11.5. The molecule has 0 saturated heterocycles. The van der Waals surface area contributed by atoms with Crippen molar-refractivity contribution in [3.05, 3.63) is 66.6 Å². The Hall–Kier alpha value is -3.02. The number of aryl methyl sites for hydroxylation is 2. The fraction of sp³-hybridized carbons (Fsp3) is 0.300. The molecule has 3 aromatic heterocycles. The van der Waals surface area contributed by atoms with E-state index in [1.165, 1.54) is 6.92 Å². The summed E-state index contributed by atoms with van der Waals surface area (Å²) >= 11 is 0. The quantitative estimate of drug-likeness (QED) is 0.766. The van der Waals surface area contributed by atoms with Crippen LogP contribution in [0.4, 0.5) is 5.69 Å². The minimum atomic E-state index is -0.0735. The van der Waals surface area contributed by atoms with Gasteiger partial charge in [0.2, 0.25) is 5.91 Å². The second-order valence-electron chi connectivity index (χ2n) is 5.18. The van der Waals surface area contributed by atoms with E-state index in [-0.39, 0.29) is 5.91 Å². The lowest BCUT2D eigenvalue weighted by molar-refractivity contribution is -0.114. The first-order valence-corrected chi connectivity index (χ1v) is 8.73. The largest absolute Gasteiger partial charge is 0.325 e. The van der Waals surface area contributed by atoms with Gasteiger partial charge in [-0.2, -0.15) is 0 Å². The number of imidazole rings is 1. The lowest BCUT2D eigenvalue weighted by Crippen LogP contribution is -2.05. The van der Waals surface area contributed by atoms with Crippen LogP contribution in [0.1, 0.15) is 39.1 Å². The minimum absolute atomic E-state index is 0.0735. The zero-order chi connectivity index (χ0) is 19.4. The van der Waals surface area contributed by atoms with E-state index in [4.69, 9.17) is 0 Å². The Bertz CT molecular complexity index is 767. The average Bonchev–Trinajstić information content (AvgIpc) is 3.20. The van der Waals surface area contributed by atoms with Crippen molar-refractivity contribution in [1.29, 1.82) is 0 Å². The van der Waals surface area contributed by atoms with Crippen molar-refractivity contribution in [3.63, 3.8) is 0 Å². The maximum absolute atomic E-state index is 10.6. The average molecular weight is 353 g/mol. The summed E-state index contributed by atoms with van der Waals surface area (Å²) in [7, 11) is 0. The van der Waals surface area contributed by atoms with Gasteiger partial charge in [0.05, 0.1) is 11.9 Å². The molecule has 0 aromatic carbocycles. The van der Waals surface area contributed by atoms with Gasteiger partial charge in [0.15, 0.2) is 0 Å². The van der Waals surface area contributed by atoms with Crippen molar-refractivity contribution in [2.24, 2.45) is 0 Å². The van der Waals surface area contributed by atoms with Crippen molar-refractivity contribution < 1.29 is 4.79 Å². The molecular formula is C20H27N5O. The number of amides is 1. The molecule has 0 aliphatic carbocycles. The van der Waals surface area contributed by atoms with Crippen LogP contribution in [-0.4, -0.2) is 25.4 Å². The number of hydrogen-bond acceptors (Lipinski definition) is 4. The first kappa shape index (κ1) is 21.0. The number of nitrogens with zero attached hydrogens (tertiary/aromatic N) is 4. The fourth-order valence-corrected chi connectivity index (χ4v) is 1.95. The molecule has 0 aliphatic rings. The number of rotatable bonds is 3. The molecule has 3 aromatic rings. The van der Waals surface area contributed by atoms with E-state index in [0.29, 0.717) is 0 Å². The third kappa shape index (κ3) is 7.25. The molecule has 3 heterocycles. The molecule has 1 amide bonds. The standard InChI is InChI=1S/C10H11N3.C8H10N2O.C2H6/c1-2-9-4-3-5-10(12-9)13-7-6-11-8-13;1-6-3-4-8(5-9-6)10-7(2)11;1-2/h3-8H,2H2,1H3;3-5H,1-2H3,(H,10,11);1-2H3. The van der Waals surface area contributed by atoms with Gasteiger partial charge in [-0.15, -0.1) is 0 Å². The van der Waals surface area contributed by atoms with Gasteiger partial charge in [-0.3, -0.25) is 14.3 Å². The summed E-state index contributed by atoms with van der Waals surface area (Å²) in [5, 5.41) is 2.63. The first-order chi connectivity index (χ1) is 12.6. The highest BCUT2D eigenvalue weighted by atomic mass is 16.1. The second-order valence-corrected chi connectivity index (χ2v) is 5.18. The van der Waals surface area contributed by atoms with Crippen LogP contribution in [-0.2, 0) is 11.2 Å². The molecule has 138 valence electrons. The number of aromatic nitrogens is 4. The smallest absolute Gasteiger partial charge is 0.221 e. The topological polar surface area (TPSA) is 72.7 Å². The van der Waals surface area contributed by atoms with Gasteiger partial charge in [0.1, 0.15) is 12.1 Å². The van der Waals surface area contributed by atoms with E-state index in [0.717, 1.165) is 29.3 Å². The van der Waals surface area contributed by atoms with Gasteiger partial charge in [-0.05, 0) is 37.6 Å². The van der Waals surface area contributed by atoms with Gasteiger partial charge in [-0.25, -0.2) is 9.97 Å². The lowest BCUT2D eigenvalue weighted by atomic mass is 10.3. The normalized spacial score (nSPS) is 9.27. The SMILES string of the molecule is CC.CC(=O)Nc1ccc(C)nc1.CCc1cccc(-n2ccnc2)n1. The lowest BCUT2D eigenvalue weighted by Gasteiger charge is -2.02. The fourth-order valence-electron chi connectivity index (χ4n) is 1.95. The van der Waals surface area contributed by atoms with E-state index in [1.807, 2.05) is 61.9 Å². The summed E-state index contributed by atoms with van der Waals surface area (Å²) in [6, 6.07) is 9.69. The van der Waals surface area contributed by atoms with Crippen molar-refractivity contribution >= 4 is 11.6 Å². The third-order valence-corrected chi connectivity index (χ3v) is 3.15. The zero-order valence-corrected chi connectivity index (χ0v) is 16.1. The van der Waals surface area contributed by atoms with Gasteiger partial charge >= 0.3 is 0 Å². The Morgan fingerprint density at radius 1 is 1.19 bits per heavy atom. The predicted molar refractivity (Wildman–Crippen MR) is 105 cm³/mol. The number of pyridine rings is 2. The van der Waals surface area contributed by atoms with E-state index >= 15 is 0 Å². The number of nitrogens with one attached hydrogen (secondary N) is 1. The molecule has 0 unspecified atom stereocenters. The summed E-state index contributed by atoms with van der Waals surface area (Å²) in [5.41, 5.74) is 2.79. The molecule has 0 aliphatic heterocycles. The van der Waals surface area contributed by atoms with Gasteiger partial charge in [0, 0.05) is 30.7 Å². The number of hydrogen-bond donors (Lipinski definition) is 1. The number of carbonyl (C=O) groups is 1. The van der Waals surface area contributed by atoms with Crippen LogP contribution in [0.2, 0.25) is 0 Å².